The van der Waals surface area contributed by atoms with Gasteiger partial charge in [0.1, 0.15) is 5.78 Å². The molecule has 4 nitrogen and oxygen atoms in total. The molecule has 2 aromatic rings. The second-order valence-corrected chi connectivity index (χ2v) is 4.88. The average molecular weight is 275 g/mol. The number of aromatic nitrogens is 1. The number of hydrogen-bond donors (Lipinski definition) is 0. The summed E-state index contributed by atoms with van der Waals surface area (Å²) in [5.74, 6) is -0.182. The molecule has 2 heterocycles. The fourth-order valence-corrected chi connectivity index (χ4v) is 2.52. The quantitative estimate of drug-likeness (QED) is 0.751. The number of amides is 1. The van der Waals surface area contributed by atoms with Crippen LogP contribution in [0, 0.1) is 0 Å². The van der Waals surface area contributed by atoms with Crippen LogP contribution in [-0.2, 0) is 9.59 Å². The Morgan fingerprint density at radius 3 is 2.84 bits per heavy atom. The molecular formula is C14H11ClN2O2. The van der Waals surface area contributed by atoms with Gasteiger partial charge in [-0.15, -0.1) is 0 Å². The van der Waals surface area contributed by atoms with Crippen LogP contribution in [0.15, 0.2) is 30.5 Å². The van der Waals surface area contributed by atoms with Gasteiger partial charge in [0, 0.05) is 24.5 Å². The van der Waals surface area contributed by atoms with E-state index in [1.54, 1.807) is 29.3 Å². The van der Waals surface area contributed by atoms with Gasteiger partial charge in [-0.3, -0.25) is 14.6 Å². The first kappa shape index (κ1) is 12.1. The van der Waals surface area contributed by atoms with E-state index < -0.39 is 0 Å². The van der Waals surface area contributed by atoms with Crippen molar-refractivity contribution in [2.24, 2.45) is 0 Å². The summed E-state index contributed by atoms with van der Waals surface area (Å²) in [6, 6.07) is 7.21. The predicted molar refractivity (Wildman–Crippen MR) is 73.3 cm³/mol. The van der Waals surface area contributed by atoms with Crippen molar-refractivity contribution in [3.05, 3.63) is 35.5 Å². The molecule has 1 aromatic heterocycles. The van der Waals surface area contributed by atoms with Gasteiger partial charge in [0.05, 0.1) is 22.6 Å². The number of fused-ring (bicyclic) bond motifs is 1. The van der Waals surface area contributed by atoms with Gasteiger partial charge in [-0.25, -0.2) is 0 Å². The van der Waals surface area contributed by atoms with Crippen LogP contribution in [0.1, 0.15) is 12.8 Å². The summed E-state index contributed by atoms with van der Waals surface area (Å²) in [6.45, 7) is 0.408. The van der Waals surface area contributed by atoms with E-state index in [4.69, 9.17) is 11.6 Å². The van der Waals surface area contributed by atoms with E-state index in [0.717, 1.165) is 11.1 Å². The first-order valence-corrected chi connectivity index (χ1v) is 6.40. The number of ketones is 1. The lowest BCUT2D eigenvalue weighted by Gasteiger charge is -2.27. The van der Waals surface area contributed by atoms with E-state index in [9.17, 15) is 9.59 Å². The molecular weight excluding hydrogens is 264 g/mol. The predicted octanol–water partition coefficient (Wildman–Crippen LogP) is 2.58. The molecule has 0 unspecified atom stereocenters. The Morgan fingerprint density at radius 1 is 1.21 bits per heavy atom. The Labute approximate surface area is 115 Å². The molecule has 96 valence electrons. The van der Waals surface area contributed by atoms with Crippen molar-refractivity contribution in [2.75, 3.05) is 11.4 Å². The van der Waals surface area contributed by atoms with Crippen molar-refractivity contribution in [1.82, 2.24) is 4.98 Å². The minimum atomic E-state index is -0.175. The number of pyridine rings is 1. The van der Waals surface area contributed by atoms with E-state index in [1.165, 1.54) is 0 Å². The van der Waals surface area contributed by atoms with Crippen molar-refractivity contribution in [3.63, 3.8) is 0 Å². The molecule has 0 aliphatic carbocycles. The number of Topliss-reactive ketones (excluding diaryl/α,β-unsaturated/α-hetero) is 1. The molecule has 1 aliphatic rings. The van der Waals surface area contributed by atoms with E-state index in [0.29, 0.717) is 23.5 Å². The number of anilines is 1. The van der Waals surface area contributed by atoms with Crippen molar-refractivity contribution < 1.29 is 9.59 Å². The second kappa shape index (κ2) is 4.63. The third kappa shape index (κ3) is 2.08. The van der Waals surface area contributed by atoms with E-state index in [1.807, 2.05) is 6.07 Å². The number of benzene rings is 1. The highest BCUT2D eigenvalue weighted by molar-refractivity contribution is 6.36. The number of nitrogens with zero attached hydrogens (tertiary/aromatic N) is 2. The molecule has 3 rings (SSSR count). The highest BCUT2D eigenvalue weighted by atomic mass is 35.5. The van der Waals surface area contributed by atoms with Crippen LogP contribution in [0.2, 0.25) is 5.02 Å². The van der Waals surface area contributed by atoms with Crippen molar-refractivity contribution in [1.29, 1.82) is 0 Å². The van der Waals surface area contributed by atoms with Gasteiger partial charge in [-0.05, 0) is 24.3 Å². The topological polar surface area (TPSA) is 50.3 Å². The Bertz CT molecular complexity index is 684. The molecule has 0 bridgehead atoms. The number of halogens is 1. The molecule has 0 atom stereocenters. The molecule has 0 radical (unpaired) electrons. The largest absolute Gasteiger partial charge is 0.309 e. The summed E-state index contributed by atoms with van der Waals surface area (Å²) in [7, 11) is 0. The Morgan fingerprint density at radius 2 is 2.05 bits per heavy atom. The van der Waals surface area contributed by atoms with Gasteiger partial charge in [-0.2, -0.15) is 0 Å². The zero-order chi connectivity index (χ0) is 13.4. The molecule has 0 saturated carbocycles. The van der Waals surface area contributed by atoms with Crippen LogP contribution < -0.4 is 4.90 Å². The van der Waals surface area contributed by atoms with Gasteiger partial charge in [0.2, 0.25) is 5.91 Å². The smallest absolute Gasteiger partial charge is 0.234 e. The summed E-state index contributed by atoms with van der Waals surface area (Å²) >= 11 is 6.13. The first-order chi connectivity index (χ1) is 9.16. The molecule has 0 spiro atoms. The Kier molecular flexibility index (Phi) is 2.95. The molecule has 1 amide bonds. The molecule has 1 fully saturated rings. The number of piperidine rings is 1. The van der Waals surface area contributed by atoms with E-state index in [-0.39, 0.29) is 18.1 Å². The maximum atomic E-state index is 12.0. The highest BCUT2D eigenvalue weighted by Crippen LogP contribution is 2.31. The van der Waals surface area contributed by atoms with Crippen molar-refractivity contribution in [2.45, 2.75) is 12.8 Å². The summed E-state index contributed by atoms with van der Waals surface area (Å²) in [5, 5.41) is 1.42. The van der Waals surface area contributed by atoms with Crippen LogP contribution in [0.3, 0.4) is 0 Å². The Balaban J connectivity index is 2.13. The molecule has 0 N–H and O–H groups in total. The van der Waals surface area contributed by atoms with Crippen LogP contribution in [0.5, 0.6) is 0 Å². The molecule has 19 heavy (non-hydrogen) atoms. The zero-order valence-electron chi connectivity index (χ0n) is 10.1. The van der Waals surface area contributed by atoms with Crippen molar-refractivity contribution in [3.8, 4) is 0 Å². The van der Waals surface area contributed by atoms with Gasteiger partial charge >= 0.3 is 0 Å². The second-order valence-electron chi connectivity index (χ2n) is 4.48. The first-order valence-electron chi connectivity index (χ1n) is 6.02. The third-order valence-electron chi connectivity index (χ3n) is 3.25. The summed E-state index contributed by atoms with van der Waals surface area (Å²) in [4.78, 5) is 29.2. The average Bonchev–Trinajstić information content (AvgIpc) is 2.41. The fraction of sp³-hybridized carbons (Fsp3) is 0.214. The lowest BCUT2D eigenvalue weighted by atomic mass is 10.1. The minimum Gasteiger partial charge on any atom is -0.309 e. The van der Waals surface area contributed by atoms with E-state index >= 15 is 0 Å². The number of carbonyl (C=O) groups excluding carboxylic acids is 2. The van der Waals surface area contributed by atoms with Gasteiger partial charge in [0.15, 0.2) is 0 Å². The van der Waals surface area contributed by atoms with Gasteiger partial charge in [0.25, 0.3) is 0 Å². The van der Waals surface area contributed by atoms with Crippen LogP contribution in [0.4, 0.5) is 5.69 Å². The molecule has 5 heteroatoms. The Hall–Kier alpha value is -1.94. The third-order valence-corrected chi connectivity index (χ3v) is 3.58. The number of hydrogen-bond acceptors (Lipinski definition) is 3. The number of rotatable bonds is 1. The van der Waals surface area contributed by atoms with Crippen LogP contribution in [0.25, 0.3) is 10.9 Å². The highest BCUT2D eigenvalue weighted by Gasteiger charge is 2.26. The lowest BCUT2D eigenvalue weighted by Crippen LogP contribution is -2.39. The standard InChI is InChI=1S/C14H11ClN2O2/c15-11-3-4-12(14-10(11)2-1-6-16-14)17-7-5-9(18)8-13(17)19/h1-4,6H,5,7-8H2. The summed E-state index contributed by atoms with van der Waals surface area (Å²) < 4.78 is 0. The minimum absolute atomic E-state index is 0.00696. The summed E-state index contributed by atoms with van der Waals surface area (Å²) in [6.07, 6.45) is 2.03. The lowest BCUT2D eigenvalue weighted by molar-refractivity contribution is -0.128. The monoisotopic (exact) mass is 274 g/mol. The zero-order valence-corrected chi connectivity index (χ0v) is 10.9. The van der Waals surface area contributed by atoms with E-state index in [2.05, 4.69) is 4.98 Å². The number of carbonyl (C=O) groups is 2. The maximum Gasteiger partial charge on any atom is 0.234 e. The molecule has 1 aromatic carbocycles. The SMILES string of the molecule is O=C1CCN(c2ccc(Cl)c3cccnc23)C(=O)C1. The van der Waals surface area contributed by atoms with Crippen LogP contribution >= 0.6 is 11.6 Å². The summed E-state index contributed by atoms with van der Waals surface area (Å²) in [5.41, 5.74) is 1.41. The molecule has 1 aliphatic heterocycles. The van der Waals surface area contributed by atoms with Gasteiger partial charge in [-0.1, -0.05) is 11.6 Å². The van der Waals surface area contributed by atoms with Crippen molar-refractivity contribution >= 4 is 39.9 Å². The van der Waals surface area contributed by atoms with Gasteiger partial charge < -0.3 is 4.90 Å². The maximum absolute atomic E-state index is 12.0. The molecule has 1 saturated heterocycles. The van der Waals surface area contributed by atoms with Crippen LogP contribution in [-0.4, -0.2) is 23.2 Å². The fourth-order valence-electron chi connectivity index (χ4n) is 2.31. The normalized spacial score (nSPS) is 16.2.